The van der Waals surface area contributed by atoms with Crippen molar-refractivity contribution in [3.8, 4) is 0 Å². The van der Waals surface area contributed by atoms with Gasteiger partial charge in [-0.05, 0) is 12.8 Å². The third-order valence-electron chi connectivity index (χ3n) is 1.65. The summed E-state index contributed by atoms with van der Waals surface area (Å²) in [5.74, 6) is 0. The van der Waals surface area contributed by atoms with Crippen LogP contribution in [0.15, 0.2) is 0 Å². The highest BCUT2D eigenvalue weighted by molar-refractivity contribution is 5.47. The predicted molar refractivity (Wildman–Crippen MR) is 44.2 cm³/mol. The summed E-state index contributed by atoms with van der Waals surface area (Å²) < 4.78 is 0. The second kappa shape index (κ2) is 6.16. The van der Waals surface area contributed by atoms with E-state index in [1.165, 1.54) is 0 Å². The van der Waals surface area contributed by atoms with Gasteiger partial charge < -0.3 is 10.0 Å². The first kappa shape index (κ1) is 10.4. The molecule has 0 aromatic rings. The summed E-state index contributed by atoms with van der Waals surface area (Å²) in [4.78, 5) is 11.8. The van der Waals surface area contributed by atoms with Crippen LogP contribution in [0, 0.1) is 0 Å². The van der Waals surface area contributed by atoms with Gasteiger partial charge in [-0.1, -0.05) is 13.8 Å². The van der Waals surface area contributed by atoms with Crippen molar-refractivity contribution in [2.24, 2.45) is 0 Å². The highest BCUT2D eigenvalue weighted by Crippen LogP contribution is 2.06. The monoisotopic (exact) mass is 159 g/mol. The molecule has 0 aliphatic carbocycles. The highest BCUT2D eigenvalue weighted by atomic mass is 16.3. The van der Waals surface area contributed by atoms with Crippen LogP contribution >= 0.6 is 0 Å². The third-order valence-corrected chi connectivity index (χ3v) is 1.65. The average Bonchev–Trinajstić information content (AvgIpc) is 2.10. The minimum atomic E-state index is -0.179. The molecule has 1 saturated heterocycles. The molecule has 1 N–H and O–H groups in total. The van der Waals surface area contributed by atoms with Gasteiger partial charge in [0.2, 0.25) is 6.41 Å². The van der Waals surface area contributed by atoms with Gasteiger partial charge in [0.05, 0.1) is 6.10 Å². The fraction of sp³-hybridized carbons (Fsp3) is 0.875. The third kappa shape index (κ3) is 3.98. The quantitative estimate of drug-likeness (QED) is 0.570. The molecule has 1 fully saturated rings. The Morgan fingerprint density at radius 2 is 1.82 bits per heavy atom. The molecule has 0 saturated carbocycles. The zero-order valence-electron chi connectivity index (χ0n) is 7.29. The van der Waals surface area contributed by atoms with Gasteiger partial charge in [-0.15, -0.1) is 0 Å². The molecule has 1 amide bonds. The van der Waals surface area contributed by atoms with Crippen molar-refractivity contribution in [3.05, 3.63) is 0 Å². The van der Waals surface area contributed by atoms with Gasteiger partial charge >= 0.3 is 0 Å². The van der Waals surface area contributed by atoms with E-state index in [0.717, 1.165) is 19.3 Å². The normalized spacial score (nSPS) is 18.6. The Labute approximate surface area is 68.0 Å². The van der Waals surface area contributed by atoms with Crippen molar-refractivity contribution in [3.63, 3.8) is 0 Å². The molecule has 0 aromatic carbocycles. The topological polar surface area (TPSA) is 40.5 Å². The van der Waals surface area contributed by atoms with E-state index in [2.05, 4.69) is 0 Å². The zero-order chi connectivity index (χ0) is 8.69. The van der Waals surface area contributed by atoms with Crippen molar-refractivity contribution in [1.82, 2.24) is 4.90 Å². The Balaban J connectivity index is 0.000000461. The van der Waals surface area contributed by atoms with E-state index in [4.69, 9.17) is 5.11 Å². The molecule has 0 unspecified atom stereocenters. The molecule has 66 valence electrons. The molecule has 0 spiro atoms. The first-order chi connectivity index (χ1) is 5.33. The second-order valence-electron chi connectivity index (χ2n) is 2.37. The van der Waals surface area contributed by atoms with E-state index in [-0.39, 0.29) is 6.10 Å². The zero-order valence-corrected chi connectivity index (χ0v) is 7.29. The Bertz CT molecular complexity index is 98.3. The first-order valence-electron chi connectivity index (χ1n) is 4.20. The van der Waals surface area contributed by atoms with E-state index >= 15 is 0 Å². The Morgan fingerprint density at radius 1 is 1.36 bits per heavy atom. The maximum atomic E-state index is 10.1. The maximum absolute atomic E-state index is 10.1. The molecule has 1 rings (SSSR count). The molecule has 0 aromatic heterocycles. The van der Waals surface area contributed by atoms with Gasteiger partial charge in [-0.2, -0.15) is 0 Å². The lowest BCUT2D eigenvalue weighted by atomic mass is 10.1. The van der Waals surface area contributed by atoms with Crippen LogP contribution in [0.3, 0.4) is 0 Å². The highest BCUT2D eigenvalue weighted by Gasteiger charge is 2.14. The van der Waals surface area contributed by atoms with E-state index in [0.29, 0.717) is 13.1 Å². The summed E-state index contributed by atoms with van der Waals surface area (Å²) in [6.07, 6.45) is 2.13. The molecule has 3 nitrogen and oxygen atoms in total. The molecule has 1 heterocycles. The number of amides is 1. The first-order valence-corrected chi connectivity index (χ1v) is 4.20. The fourth-order valence-electron chi connectivity index (χ4n) is 0.991. The number of piperidine rings is 1. The molecule has 11 heavy (non-hydrogen) atoms. The van der Waals surface area contributed by atoms with Crippen molar-refractivity contribution >= 4 is 6.41 Å². The van der Waals surface area contributed by atoms with Crippen molar-refractivity contribution < 1.29 is 9.90 Å². The molecule has 1 aliphatic heterocycles. The average molecular weight is 159 g/mol. The molecule has 0 bridgehead atoms. The number of hydrogen-bond donors (Lipinski definition) is 1. The lowest BCUT2D eigenvalue weighted by Gasteiger charge is -2.25. The largest absolute Gasteiger partial charge is 0.393 e. The van der Waals surface area contributed by atoms with Crippen LogP contribution in [0.25, 0.3) is 0 Å². The Morgan fingerprint density at radius 3 is 2.18 bits per heavy atom. The van der Waals surface area contributed by atoms with Crippen LogP contribution in [0.4, 0.5) is 0 Å². The smallest absolute Gasteiger partial charge is 0.209 e. The van der Waals surface area contributed by atoms with Crippen LogP contribution in [0.2, 0.25) is 0 Å². The molecule has 0 radical (unpaired) electrons. The Kier molecular flexibility index (Phi) is 5.84. The summed E-state index contributed by atoms with van der Waals surface area (Å²) in [7, 11) is 0. The van der Waals surface area contributed by atoms with E-state index < -0.39 is 0 Å². The second-order valence-corrected chi connectivity index (χ2v) is 2.37. The molecule has 3 heteroatoms. The number of likely N-dealkylation sites (tertiary alicyclic amines) is 1. The number of nitrogens with zero attached hydrogens (tertiary/aromatic N) is 1. The van der Waals surface area contributed by atoms with Gasteiger partial charge in [0, 0.05) is 13.1 Å². The maximum Gasteiger partial charge on any atom is 0.209 e. The molecular weight excluding hydrogens is 142 g/mol. The van der Waals surface area contributed by atoms with Crippen molar-refractivity contribution in [1.29, 1.82) is 0 Å². The summed E-state index contributed by atoms with van der Waals surface area (Å²) in [5, 5.41) is 8.98. The Hall–Kier alpha value is -0.570. The summed E-state index contributed by atoms with van der Waals surface area (Å²) >= 11 is 0. The number of aliphatic hydroxyl groups excluding tert-OH is 1. The van der Waals surface area contributed by atoms with Gasteiger partial charge in [-0.3, -0.25) is 4.79 Å². The van der Waals surface area contributed by atoms with Gasteiger partial charge in [0.15, 0.2) is 0 Å². The van der Waals surface area contributed by atoms with Crippen molar-refractivity contribution in [2.45, 2.75) is 32.8 Å². The number of rotatable bonds is 1. The predicted octanol–water partition coefficient (Wildman–Crippen LogP) is 0.626. The molecule has 0 atom stereocenters. The molecular formula is C8H17NO2. The minimum absolute atomic E-state index is 0.179. The number of aliphatic hydroxyl groups is 1. The standard InChI is InChI=1S/C6H11NO2.C2H6/c8-5-7-3-1-6(9)2-4-7;1-2/h5-6,9H,1-4H2;1-2H3. The summed E-state index contributed by atoms with van der Waals surface area (Å²) in [6.45, 7) is 5.43. The van der Waals surface area contributed by atoms with Crippen LogP contribution in [-0.2, 0) is 4.79 Å². The van der Waals surface area contributed by atoms with Crippen LogP contribution in [0.1, 0.15) is 26.7 Å². The number of carbonyl (C=O) groups excluding carboxylic acids is 1. The lowest BCUT2D eigenvalue weighted by molar-refractivity contribution is -0.119. The van der Waals surface area contributed by atoms with Crippen molar-refractivity contribution in [2.75, 3.05) is 13.1 Å². The van der Waals surface area contributed by atoms with Gasteiger partial charge in [0.25, 0.3) is 0 Å². The summed E-state index contributed by atoms with van der Waals surface area (Å²) in [6, 6.07) is 0. The van der Waals surface area contributed by atoms with Gasteiger partial charge in [0.1, 0.15) is 0 Å². The lowest BCUT2D eigenvalue weighted by Crippen LogP contribution is -2.34. The summed E-state index contributed by atoms with van der Waals surface area (Å²) in [5.41, 5.74) is 0. The van der Waals surface area contributed by atoms with Crippen LogP contribution < -0.4 is 0 Å². The molecule has 1 aliphatic rings. The number of hydrogen-bond acceptors (Lipinski definition) is 2. The van der Waals surface area contributed by atoms with Crippen LogP contribution in [0.5, 0.6) is 0 Å². The van der Waals surface area contributed by atoms with Gasteiger partial charge in [-0.25, -0.2) is 0 Å². The van der Waals surface area contributed by atoms with E-state index in [9.17, 15) is 4.79 Å². The SMILES string of the molecule is CC.O=CN1CCC(O)CC1. The number of carbonyl (C=O) groups is 1. The van der Waals surface area contributed by atoms with Crippen LogP contribution in [-0.4, -0.2) is 35.6 Å². The minimum Gasteiger partial charge on any atom is -0.393 e. The van der Waals surface area contributed by atoms with E-state index in [1.54, 1.807) is 4.90 Å². The van der Waals surface area contributed by atoms with E-state index in [1.807, 2.05) is 13.8 Å². The fourth-order valence-corrected chi connectivity index (χ4v) is 0.991.